The van der Waals surface area contributed by atoms with Crippen LogP contribution >= 0.6 is 0 Å². The lowest BCUT2D eigenvalue weighted by Crippen LogP contribution is -2.37. The molecule has 0 saturated carbocycles. The lowest BCUT2D eigenvalue weighted by atomic mass is 10.3. The highest BCUT2D eigenvalue weighted by Gasteiger charge is 2.17. The second-order valence-electron chi connectivity index (χ2n) is 3.63. The maximum Gasteiger partial charge on any atom is 0.244 e. The first-order valence-corrected chi connectivity index (χ1v) is 4.92. The molecule has 1 atom stereocenters. The predicted molar refractivity (Wildman–Crippen MR) is 61.6 cm³/mol. The summed E-state index contributed by atoms with van der Waals surface area (Å²) in [6, 6.07) is -0.597. The third kappa shape index (κ3) is 3.25. The van der Waals surface area contributed by atoms with Gasteiger partial charge in [0, 0.05) is 14.1 Å². The summed E-state index contributed by atoms with van der Waals surface area (Å²) in [7, 11) is 3.23. The number of rotatable bonds is 4. The van der Waals surface area contributed by atoms with Crippen molar-refractivity contribution in [2.24, 2.45) is 5.84 Å². The van der Waals surface area contributed by atoms with Crippen molar-refractivity contribution in [3.63, 3.8) is 0 Å². The molecule has 1 aromatic heterocycles. The molecular formula is C9H15FN6O. The molecule has 1 unspecified atom stereocenters. The van der Waals surface area contributed by atoms with Crippen molar-refractivity contribution in [3.8, 4) is 0 Å². The van der Waals surface area contributed by atoms with E-state index in [2.05, 4.69) is 20.7 Å². The fourth-order valence-corrected chi connectivity index (χ4v) is 1.19. The zero-order valence-electron chi connectivity index (χ0n) is 9.86. The van der Waals surface area contributed by atoms with Crippen molar-refractivity contribution in [2.75, 3.05) is 24.8 Å². The second-order valence-corrected chi connectivity index (χ2v) is 3.63. The van der Waals surface area contributed by atoms with Gasteiger partial charge in [0.15, 0.2) is 11.6 Å². The third-order valence-electron chi connectivity index (χ3n) is 2.04. The number of nitrogens with zero attached hydrogens (tertiary/aromatic N) is 3. The van der Waals surface area contributed by atoms with Gasteiger partial charge in [0.1, 0.15) is 6.04 Å². The van der Waals surface area contributed by atoms with E-state index in [0.717, 1.165) is 6.20 Å². The molecular weight excluding hydrogens is 227 g/mol. The van der Waals surface area contributed by atoms with E-state index in [1.807, 2.05) is 0 Å². The number of carbonyl (C=O) groups is 1. The summed E-state index contributed by atoms with van der Waals surface area (Å²) in [6.07, 6.45) is 0.970. The molecule has 4 N–H and O–H groups in total. The smallest absolute Gasteiger partial charge is 0.244 e. The third-order valence-corrected chi connectivity index (χ3v) is 2.04. The molecule has 7 nitrogen and oxygen atoms in total. The van der Waals surface area contributed by atoms with Gasteiger partial charge in [-0.2, -0.15) is 4.98 Å². The van der Waals surface area contributed by atoms with Crippen LogP contribution in [-0.4, -0.2) is 40.9 Å². The van der Waals surface area contributed by atoms with Gasteiger partial charge in [0.2, 0.25) is 11.9 Å². The largest absolute Gasteiger partial charge is 0.356 e. The molecule has 0 aliphatic heterocycles. The number of nitrogens with one attached hydrogen (secondary N) is 2. The molecule has 1 amide bonds. The first-order valence-electron chi connectivity index (χ1n) is 4.92. The quantitative estimate of drug-likeness (QED) is 0.499. The van der Waals surface area contributed by atoms with Gasteiger partial charge in [0.05, 0.1) is 6.20 Å². The van der Waals surface area contributed by atoms with Crippen molar-refractivity contribution in [1.82, 2.24) is 14.9 Å². The number of carbonyl (C=O) groups excluding carboxylic acids is 1. The van der Waals surface area contributed by atoms with E-state index in [4.69, 9.17) is 5.84 Å². The number of likely N-dealkylation sites (N-methyl/N-ethyl adjacent to an activating group) is 1. The van der Waals surface area contributed by atoms with Gasteiger partial charge >= 0.3 is 0 Å². The Bertz CT molecular complexity index is 410. The maximum atomic E-state index is 13.3. The van der Waals surface area contributed by atoms with Gasteiger partial charge in [-0.3, -0.25) is 10.2 Å². The van der Waals surface area contributed by atoms with Crippen molar-refractivity contribution in [2.45, 2.75) is 13.0 Å². The van der Waals surface area contributed by atoms with Gasteiger partial charge in [0.25, 0.3) is 0 Å². The normalized spacial score (nSPS) is 11.8. The molecule has 0 spiro atoms. The van der Waals surface area contributed by atoms with Crippen molar-refractivity contribution in [1.29, 1.82) is 0 Å². The Morgan fingerprint density at radius 3 is 2.76 bits per heavy atom. The highest BCUT2D eigenvalue weighted by molar-refractivity contribution is 5.83. The lowest BCUT2D eigenvalue weighted by Gasteiger charge is -2.18. The molecule has 0 aliphatic rings. The number of anilines is 2. The average molecular weight is 242 g/mol. The van der Waals surface area contributed by atoms with Gasteiger partial charge in [-0.05, 0) is 6.92 Å². The fraction of sp³-hybridized carbons (Fsp3) is 0.444. The Morgan fingerprint density at radius 1 is 1.59 bits per heavy atom. The van der Waals surface area contributed by atoms with Crippen LogP contribution in [0, 0.1) is 5.82 Å². The van der Waals surface area contributed by atoms with Gasteiger partial charge in [-0.15, -0.1) is 0 Å². The summed E-state index contributed by atoms with van der Waals surface area (Å²) in [5.41, 5.74) is 2.20. The summed E-state index contributed by atoms with van der Waals surface area (Å²) < 4.78 is 13.3. The average Bonchev–Trinajstić information content (AvgIpc) is 2.30. The van der Waals surface area contributed by atoms with Crippen LogP contribution < -0.4 is 16.6 Å². The van der Waals surface area contributed by atoms with Crippen LogP contribution in [0.5, 0.6) is 0 Å². The second kappa shape index (κ2) is 5.39. The molecule has 0 bridgehead atoms. The van der Waals surface area contributed by atoms with Gasteiger partial charge in [-0.1, -0.05) is 0 Å². The standard InChI is InChI=1S/C9H15FN6O/c1-5(8(17)16(2)3)13-7-6(10)4-12-9(14-7)15-11/h4-5H,11H2,1-3H3,(H2,12,13,14,15). The topological polar surface area (TPSA) is 96.2 Å². The molecule has 0 aliphatic carbocycles. The van der Waals surface area contributed by atoms with Crippen molar-refractivity contribution >= 4 is 17.7 Å². The fourth-order valence-electron chi connectivity index (χ4n) is 1.19. The SMILES string of the molecule is CC(Nc1nc(NN)ncc1F)C(=O)N(C)C. The Kier molecular flexibility index (Phi) is 4.16. The Labute approximate surface area is 98.2 Å². The number of amides is 1. The summed E-state index contributed by atoms with van der Waals surface area (Å²) in [5, 5.41) is 2.65. The first kappa shape index (κ1) is 13.1. The summed E-state index contributed by atoms with van der Waals surface area (Å²) in [5.74, 6) is 4.26. The highest BCUT2D eigenvalue weighted by atomic mass is 19.1. The number of halogens is 1. The molecule has 17 heavy (non-hydrogen) atoms. The maximum absolute atomic E-state index is 13.3. The van der Waals surface area contributed by atoms with Crippen LogP contribution in [-0.2, 0) is 4.79 Å². The molecule has 1 aromatic rings. The Morgan fingerprint density at radius 2 is 2.24 bits per heavy atom. The number of aromatic nitrogens is 2. The van der Waals surface area contributed by atoms with Crippen LogP contribution in [0.3, 0.4) is 0 Å². The summed E-state index contributed by atoms with van der Waals surface area (Å²) in [6.45, 7) is 1.61. The molecule has 1 rings (SSSR count). The molecule has 94 valence electrons. The van der Waals surface area contributed by atoms with E-state index in [0.29, 0.717) is 0 Å². The molecule has 0 fully saturated rings. The minimum absolute atomic E-state index is 0.0680. The van der Waals surface area contributed by atoms with Gasteiger partial charge < -0.3 is 10.2 Å². The number of hydrogen-bond donors (Lipinski definition) is 3. The zero-order chi connectivity index (χ0) is 13.0. The number of hydrazine groups is 1. The van der Waals surface area contributed by atoms with Crippen LogP contribution in [0.15, 0.2) is 6.20 Å². The van der Waals surface area contributed by atoms with Crippen molar-refractivity contribution in [3.05, 3.63) is 12.0 Å². The number of hydrogen-bond acceptors (Lipinski definition) is 6. The minimum atomic E-state index is -0.651. The molecule has 1 heterocycles. The first-order chi connectivity index (χ1) is 7.95. The Hall–Kier alpha value is -1.96. The molecule has 8 heteroatoms. The highest BCUT2D eigenvalue weighted by Crippen LogP contribution is 2.12. The minimum Gasteiger partial charge on any atom is -0.356 e. The molecule has 0 saturated heterocycles. The lowest BCUT2D eigenvalue weighted by molar-refractivity contribution is -0.129. The molecule has 0 radical (unpaired) electrons. The summed E-state index contributed by atoms with van der Waals surface area (Å²) in [4.78, 5) is 20.3. The number of nitrogens with two attached hydrogens (primary N) is 1. The Balaban J connectivity index is 2.83. The van der Waals surface area contributed by atoms with Crippen LogP contribution in [0.1, 0.15) is 6.92 Å². The van der Waals surface area contributed by atoms with E-state index in [1.165, 1.54) is 4.90 Å². The van der Waals surface area contributed by atoms with E-state index >= 15 is 0 Å². The van der Waals surface area contributed by atoms with Gasteiger partial charge in [-0.25, -0.2) is 15.2 Å². The van der Waals surface area contributed by atoms with Crippen LogP contribution in [0.2, 0.25) is 0 Å². The van der Waals surface area contributed by atoms with Crippen LogP contribution in [0.25, 0.3) is 0 Å². The van der Waals surface area contributed by atoms with E-state index < -0.39 is 11.9 Å². The summed E-state index contributed by atoms with van der Waals surface area (Å²) >= 11 is 0. The van der Waals surface area contributed by atoms with E-state index in [9.17, 15) is 9.18 Å². The molecule has 0 aromatic carbocycles. The zero-order valence-corrected chi connectivity index (χ0v) is 9.86. The predicted octanol–water partition coefficient (Wildman–Crippen LogP) is -0.210. The van der Waals surface area contributed by atoms with E-state index in [1.54, 1.807) is 21.0 Å². The monoisotopic (exact) mass is 242 g/mol. The van der Waals surface area contributed by atoms with Crippen LogP contribution in [0.4, 0.5) is 16.2 Å². The number of nitrogen functional groups attached to an aromatic ring is 1. The van der Waals surface area contributed by atoms with E-state index in [-0.39, 0.29) is 17.7 Å². The van der Waals surface area contributed by atoms with Crippen molar-refractivity contribution < 1.29 is 9.18 Å².